The van der Waals surface area contributed by atoms with Crippen molar-refractivity contribution in [3.05, 3.63) is 27.8 Å². The highest BCUT2D eigenvalue weighted by atomic mass is 127. The molecule has 1 saturated carbocycles. The lowest BCUT2D eigenvalue weighted by molar-refractivity contribution is -0.122. The van der Waals surface area contributed by atoms with Gasteiger partial charge in [0.1, 0.15) is 0 Å². The van der Waals surface area contributed by atoms with Crippen molar-refractivity contribution in [2.75, 3.05) is 11.9 Å². The lowest BCUT2D eigenvalue weighted by atomic mass is 10.2. The maximum Gasteiger partial charge on any atom is 0.224 e. The van der Waals surface area contributed by atoms with Crippen molar-refractivity contribution < 1.29 is 9.59 Å². The van der Waals surface area contributed by atoms with E-state index in [-0.39, 0.29) is 17.7 Å². The summed E-state index contributed by atoms with van der Waals surface area (Å²) in [5, 5.41) is 5.69. The Morgan fingerprint density at radius 3 is 2.53 bits per heavy atom. The minimum Gasteiger partial charge on any atom is -0.356 e. The standard InChI is InChI=1S/C14H17IN2O2/c15-11-5-7-12(8-6-11)17-13(18)2-1-9-16-14(19)10-3-4-10/h5-8,10H,1-4,9H2,(H,16,19)(H,17,18). The van der Waals surface area contributed by atoms with Gasteiger partial charge in [0, 0.05) is 28.1 Å². The van der Waals surface area contributed by atoms with Crippen molar-refractivity contribution in [2.24, 2.45) is 5.92 Å². The Hall–Kier alpha value is -1.11. The molecule has 0 radical (unpaired) electrons. The van der Waals surface area contributed by atoms with Gasteiger partial charge in [-0.1, -0.05) is 0 Å². The molecular formula is C14H17IN2O2. The van der Waals surface area contributed by atoms with Crippen LogP contribution in [0.2, 0.25) is 0 Å². The summed E-state index contributed by atoms with van der Waals surface area (Å²) in [7, 11) is 0. The average Bonchev–Trinajstić information content (AvgIpc) is 3.21. The highest BCUT2D eigenvalue weighted by Gasteiger charge is 2.28. The third-order valence-electron chi connectivity index (χ3n) is 2.96. The summed E-state index contributed by atoms with van der Waals surface area (Å²) < 4.78 is 1.14. The molecule has 0 heterocycles. The highest BCUT2D eigenvalue weighted by Crippen LogP contribution is 2.28. The van der Waals surface area contributed by atoms with Gasteiger partial charge in [-0.05, 0) is 66.1 Å². The molecule has 5 heteroatoms. The van der Waals surface area contributed by atoms with Crippen LogP contribution in [0.1, 0.15) is 25.7 Å². The van der Waals surface area contributed by atoms with Gasteiger partial charge in [0.25, 0.3) is 0 Å². The van der Waals surface area contributed by atoms with E-state index in [9.17, 15) is 9.59 Å². The molecule has 0 aliphatic heterocycles. The molecule has 1 aliphatic rings. The van der Waals surface area contributed by atoms with Crippen LogP contribution in [0.5, 0.6) is 0 Å². The first-order valence-corrected chi connectivity index (χ1v) is 7.56. The molecule has 1 fully saturated rings. The Morgan fingerprint density at radius 1 is 1.21 bits per heavy atom. The number of carbonyl (C=O) groups is 2. The van der Waals surface area contributed by atoms with Crippen molar-refractivity contribution in [2.45, 2.75) is 25.7 Å². The Bertz CT molecular complexity index is 455. The first-order chi connectivity index (χ1) is 9.15. The summed E-state index contributed by atoms with van der Waals surface area (Å²) in [5.74, 6) is 0.362. The van der Waals surface area contributed by atoms with Crippen LogP contribution in [0.4, 0.5) is 5.69 Å². The first-order valence-electron chi connectivity index (χ1n) is 6.48. The number of amides is 2. The number of carbonyl (C=O) groups excluding carboxylic acids is 2. The summed E-state index contributed by atoms with van der Waals surface area (Å²) in [6.07, 6.45) is 3.13. The normalized spacial score (nSPS) is 13.9. The number of halogens is 1. The molecule has 4 nitrogen and oxygen atoms in total. The predicted octanol–water partition coefficient (Wildman–Crippen LogP) is 2.54. The fourth-order valence-corrected chi connectivity index (χ4v) is 2.07. The minimum absolute atomic E-state index is 0.0121. The second-order valence-corrected chi connectivity index (χ2v) is 5.97. The van der Waals surface area contributed by atoms with Gasteiger partial charge in [0.2, 0.25) is 11.8 Å². The van der Waals surface area contributed by atoms with Crippen LogP contribution < -0.4 is 10.6 Å². The number of nitrogens with one attached hydrogen (secondary N) is 2. The van der Waals surface area contributed by atoms with Crippen LogP contribution in [0.15, 0.2) is 24.3 Å². The maximum atomic E-state index is 11.7. The number of hydrogen-bond acceptors (Lipinski definition) is 2. The van der Waals surface area contributed by atoms with E-state index < -0.39 is 0 Å². The maximum absolute atomic E-state index is 11.7. The Labute approximate surface area is 126 Å². The van der Waals surface area contributed by atoms with Gasteiger partial charge < -0.3 is 10.6 Å². The second kappa shape index (κ2) is 6.88. The van der Waals surface area contributed by atoms with Gasteiger partial charge in [-0.25, -0.2) is 0 Å². The fourth-order valence-electron chi connectivity index (χ4n) is 1.71. The Balaban J connectivity index is 1.61. The van der Waals surface area contributed by atoms with E-state index in [1.807, 2.05) is 24.3 Å². The number of hydrogen-bond donors (Lipinski definition) is 2. The molecule has 0 spiro atoms. The fraction of sp³-hybridized carbons (Fsp3) is 0.429. The van der Waals surface area contributed by atoms with Gasteiger partial charge in [-0.15, -0.1) is 0 Å². The highest BCUT2D eigenvalue weighted by molar-refractivity contribution is 14.1. The zero-order valence-corrected chi connectivity index (χ0v) is 12.8. The summed E-state index contributed by atoms with van der Waals surface area (Å²) in [6.45, 7) is 0.579. The quantitative estimate of drug-likeness (QED) is 0.596. The molecule has 1 aromatic carbocycles. The van der Waals surface area contributed by atoms with Gasteiger partial charge in [0.15, 0.2) is 0 Å². The van der Waals surface area contributed by atoms with Crippen LogP contribution in [0, 0.1) is 9.49 Å². The minimum atomic E-state index is -0.0121. The van der Waals surface area contributed by atoms with Crippen LogP contribution in [-0.4, -0.2) is 18.4 Å². The van der Waals surface area contributed by atoms with Crippen LogP contribution in [0.3, 0.4) is 0 Å². The Kier molecular flexibility index (Phi) is 5.18. The molecule has 102 valence electrons. The van der Waals surface area contributed by atoms with E-state index in [0.29, 0.717) is 19.4 Å². The van der Waals surface area contributed by atoms with Crippen molar-refractivity contribution in [1.82, 2.24) is 5.32 Å². The molecule has 2 rings (SSSR count). The van der Waals surface area contributed by atoms with Gasteiger partial charge in [0.05, 0.1) is 0 Å². The van der Waals surface area contributed by atoms with Gasteiger partial charge in [-0.2, -0.15) is 0 Å². The lowest BCUT2D eigenvalue weighted by Crippen LogP contribution is -2.26. The summed E-state index contributed by atoms with van der Waals surface area (Å²) in [6, 6.07) is 7.67. The number of benzene rings is 1. The monoisotopic (exact) mass is 372 g/mol. The van der Waals surface area contributed by atoms with Crippen molar-refractivity contribution in [3.8, 4) is 0 Å². The smallest absolute Gasteiger partial charge is 0.224 e. The summed E-state index contributed by atoms with van der Waals surface area (Å²) in [5.41, 5.74) is 0.812. The largest absolute Gasteiger partial charge is 0.356 e. The molecule has 2 N–H and O–H groups in total. The van der Waals surface area contributed by atoms with Crippen molar-refractivity contribution in [1.29, 1.82) is 0 Å². The summed E-state index contributed by atoms with van der Waals surface area (Å²) in [4.78, 5) is 23.0. The molecule has 2 amide bonds. The number of anilines is 1. The molecular weight excluding hydrogens is 355 g/mol. The van der Waals surface area contributed by atoms with E-state index in [1.54, 1.807) is 0 Å². The molecule has 0 aromatic heterocycles. The van der Waals surface area contributed by atoms with Gasteiger partial charge >= 0.3 is 0 Å². The average molecular weight is 372 g/mol. The third-order valence-corrected chi connectivity index (χ3v) is 3.68. The third kappa shape index (κ3) is 5.18. The second-order valence-electron chi connectivity index (χ2n) is 4.72. The van der Waals surface area contributed by atoms with Crippen LogP contribution in [0.25, 0.3) is 0 Å². The summed E-state index contributed by atoms with van der Waals surface area (Å²) >= 11 is 2.22. The SMILES string of the molecule is O=C(CCCNC(=O)C1CC1)Nc1ccc(I)cc1. The lowest BCUT2D eigenvalue weighted by Gasteiger charge is -2.06. The molecule has 1 aliphatic carbocycles. The van der Waals surface area contributed by atoms with E-state index in [1.165, 1.54) is 0 Å². The van der Waals surface area contributed by atoms with E-state index in [0.717, 1.165) is 22.1 Å². The topological polar surface area (TPSA) is 58.2 Å². The van der Waals surface area contributed by atoms with E-state index in [2.05, 4.69) is 33.2 Å². The zero-order chi connectivity index (χ0) is 13.7. The zero-order valence-electron chi connectivity index (χ0n) is 10.6. The predicted molar refractivity (Wildman–Crippen MR) is 82.8 cm³/mol. The molecule has 0 saturated heterocycles. The van der Waals surface area contributed by atoms with Crippen LogP contribution >= 0.6 is 22.6 Å². The Morgan fingerprint density at radius 2 is 1.89 bits per heavy atom. The number of rotatable bonds is 6. The first kappa shape index (κ1) is 14.3. The van der Waals surface area contributed by atoms with Crippen molar-refractivity contribution in [3.63, 3.8) is 0 Å². The van der Waals surface area contributed by atoms with E-state index >= 15 is 0 Å². The molecule has 19 heavy (non-hydrogen) atoms. The molecule has 0 atom stereocenters. The van der Waals surface area contributed by atoms with Crippen LogP contribution in [-0.2, 0) is 9.59 Å². The van der Waals surface area contributed by atoms with E-state index in [4.69, 9.17) is 0 Å². The molecule has 0 bridgehead atoms. The van der Waals surface area contributed by atoms with Crippen molar-refractivity contribution >= 4 is 40.1 Å². The van der Waals surface area contributed by atoms with Gasteiger partial charge in [-0.3, -0.25) is 9.59 Å². The molecule has 1 aromatic rings. The molecule has 0 unspecified atom stereocenters.